The summed E-state index contributed by atoms with van der Waals surface area (Å²) in [7, 11) is 0. The fraction of sp³-hybridized carbons (Fsp3) is 0.0833. The van der Waals surface area contributed by atoms with Crippen molar-refractivity contribution in [1.29, 1.82) is 0 Å². The number of alkyl halides is 2. The van der Waals surface area contributed by atoms with Crippen molar-refractivity contribution in [3.63, 3.8) is 0 Å². The van der Waals surface area contributed by atoms with Crippen LogP contribution in [0.5, 0.6) is 5.75 Å². The Bertz CT molecular complexity index is 1110. The maximum Gasteiger partial charge on any atom is 0.140 e. The van der Waals surface area contributed by atoms with Crippen LogP contribution in [0.3, 0.4) is 0 Å². The standard InChI is InChI=1S/C24H12Cl2O/c1-2-3-4-5-6-7-8-9-15-27-23-12-10-11-21(17-23)24-16-20(18-25)13-14-22(24)19-26/h1,10-14,16-17H,18-19H2. The molecule has 0 saturated heterocycles. The molecule has 3 heteroatoms. The van der Waals surface area contributed by atoms with Crippen molar-refractivity contribution in [2.75, 3.05) is 0 Å². The predicted octanol–water partition coefficient (Wildman–Crippen LogP) is 4.81. The molecule has 0 aliphatic rings. The molecule has 27 heavy (non-hydrogen) atoms. The van der Waals surface area contributed by atoms with Gasteiger partial charge in [-0.15, -0.1) is 29.6 Å². The Morgan fingerprint density at radius 3 is 2.26 bits per heavy atom. The Balaban J connectivity index is 2.16. The third-order valence-electron chi connectivity index (χ3n) is 3.28. The summed E-state index contributed by atoms with van der Waals surface area (Å²) in [5.74, 6) is 21.1. The monoisotopic (exact) mass is 386 g/mol. The summed E-state index contributed by atoms with van der Waals surface area (Å²) in [5.41, 5.74) is 4.03. The summed E-state index contributed by atoms with van der Waals surface area (Å²) >= 11 is 12.0. The molecular weight excluding hydrogens is 375 g/mol. The van der Waals surface area contributed by atoms with Gasteiger partial charge in [0.1, 0.15) is 11.9 Å². The lowest BCUT2D eigenvalue weighted by Gasteiger charge is -2.10. The van der Waals surface area contributed by atoms with Crippen LogP contribution in [0.1, 0.15) is 11.1 Å². The molecule has 0 fully saturated rings. The number of halogens is 2. The second-order valence-electron chi connectivity index (χ2n) is 5.01. The van der Waals surface area contributed by atoms with E-state index in [0.717, 1.165) is 22.3 Å². The molecule has 0 unspecified atom stereocenters. The number of hydrogen-bond donors (Lipinski definition) is 0. The van der Waals surface area contributed by atoms with Crippen molar-refractivity contribution >= 4 is 23.2 Å². The molecule has 0 N–H and O–H groups in total. The van der Waals surface area contributed by atoms with E-state index in [1.807, 2.05) is 42.5 Å². The van der Waals surface area contributed by atoms with E-state index >= 15 is 0 Å². The second kappa shape index (κ2) is 11.3. The largest absolute Gasteiger partial charge is 0.407 e. The second-order valence-corrected chi connectivity index (χ2v) is 5.54. The third kappa shape index (κ3) is 6.45. The molecule has 0 aliphatic heterocycles. The topological polar surface area (TPSA) is 9.23 Å². The summed E-state index contributed by atoms with van der Waals surface area (Å²) in [5, 5.41) is 0. The van der Waals surface area contributed by atoms with Crippen molar-refractivity contribution in [2.45, 2.75) is 11.8 Å². The van der Waals surface area contributed by atoms with Crippen molar-refractivity contribution in [2.24, 2.45) is 0 Å². The number of ether oxygens (including phenoxy) is 1. The molecule has 1 nitrogen and oxygen atoms in total. The smallest absolute Gasteiger partial charge is 0.140 e. The van der Waals surface area contributed by atoms with Crippen LogP contribution in [-0.2, 0) is 11.8 Å². The van der Waals surface area contributed by atoms with Crippen molar-refractivity contribution in [3.05, 3.63) is 53.6 Å². The van der Waals surface area contributed by atoms with Gasteiger partial charge in [-0.3, -0.25) is 0 Å². The fourth-order valence-corrected chi connectivity index (χ4v) is 2.52. The van der Waals surface area contributed by atoms with Crippen LogP contribution in [0.4, 0.5) is 0 Å². The number of hydrogen-bond acceptors (Lipinski definition) is 1. The zero-order chi connectivity index (χ0) is 19.3. The van der Waals surface area contributed by atoms with Gasteiger partial charge in [0, 0.05) is 35.4 Å². The normalized spacial score (nSPS) is 8.19. The third-order valence-corrected chi connectivity index (χ3v) is 3.88. The predicted molar refractivity (Wildman–Crippen MR) is 112 cm³/mol. The van der Waals surface area contributed by atoms with Gasteiger partial charge in [0.05, 0.1) is 0 Å². The molecular formula is C24H12Cl2O. The molecule has 2 aromatic rings. The van der Waals surface area contributed by atoms with E-state index in [-0.39, 0.29) is 0 Å². The van der Waals surface area contributed by atoms with Crippen molar-refractivity contribution < 1.29 is 4.74 Å². The van der Waals surface area contributed by atoms with Crippen molar-refractivity contribution in [3.8, 4) is 76.8 Å². The molecule has 2 rings (SSSR count). The SMILES string of the molecule is C#CC#CC#CC#CC#COc1cccc(-c2cc(CCl)ccc2CCl)c1. The van der Waals surface area contributed by atoms with Crippen LogP contribution >= 0.6 is 23.2 Å². The maximum absolute atomic E-state index is 6.06. The summed E-state index contributed by atoms with van der Waals surface area (Å²) in [6.45, 7) is 0. The van der Waals surface area contributed by atoms with Gasteiger partial charge in [-0.05, 0) is 64.1 Å². The van der Waals surface area contributed by atoms with Crippen LogP contribution in [0.15, 0.2) is 42.5 Å². The number of rotatable bonds is 4. The van der Waals surface area contributed by atoms with Gasteiger partial charge in [0.25, 0.3) is 0 Å². The van der Waals surface area contributed by atoms with Crippen molar-refractivity contribution in [1.82, 2.24) is 0 Å². The quantitative estimate of drug-likeness (QED) is 0.540. The molecule has 0 aliphatic carbocycles. The fourth-order valence-electron chi connectivity index (χ4n) is 2.12. The van der Waals surface area contributed by atoms with E-state index in [0.29, 0.717) is 17.5 Å². The lowest BCUT2D eigenvalue weighted by Crippen LogP contribution is -1.90. The Hall–Kier alpha value is -3.38. The molecule has 0 spiro atoms. The van der Waals surface area contributed by atoms with Crippen LogP contribution in [-0.4, -0.2) is 0 Å². The highest BCUT2D eigenvalue weighted by molar-refractivity contribution is 6.18. The number of benzene rings is 2. The molecule has 0 bridgehead atoms. The minimum Gasteiger partial charge on any atom is -0.407 e. The highest BCUT2D eigenvalue weighted by Crippen LogP contribution is 2.29. The highest BCUT2D eigenvalue weighted by atomic mass is 35.5. The Kier molecular flexibility index (Phi) is 8.33. The van der Waals surface area contributed by atoms with E-state index in [1.165, 1.54) is 0 Å². The summed E-state index contributed by atoms with van der Waals surface area (Å²) in [6, 6.07) is 13.6. The maximum atomic E-state index is 6.06. The van der Waals surface area contributed by atoms with Gasteiger partial charge < -0.3 is 4.74 Å². The summed E-state index contributed by atoms with van der Waals surface area (Å²) in [4.78, 5) is 0. The first kappa shape index (κ1) is 19.9. The molecule has 0 atom stereocenters. The Morgan fingerprint density at radius 1 is 0.815 bits per heavy atom. The first-order chi connectivity index (χ1) is 13.3. The van der Waals surface area contributed by atoms with Crippen LogP contribution in [0.25, 0.3) is 11.1 Å². The zero-order valence-electron chi connectivity index (χ0n) is 14.2. The van der Waals surface area contributed by atoms with Gasteiger partial charge in [-0.1, -0.05) is 24.3 Å². The Labute approximate surface area is 170 Å². The summed E-state index contributed by atoms with van der Waals surface area (Å²) in [6.07, 6.45) is 7.49. The summed E-state index contributed by atoms with van der Waals surface area (Å²) < 4.78 is 5.42. The first-order valence-corrected chi connectivity index (χ1v) is 8.82. The first-order valence-electron chi connectivity index (χ1n) is 7.75. The average molecular weight is 387 g/mol. The molecule has 2 aromatic carbocycles. The van der Waals surface area contributed by atoms with Gasteiger partial charge in [0.15, 0.2) is 0 Å². The van der Waals surface area contributed by atoms with Gasteiger partial charge in [0.2, 0.25) is 0 Å². The van der Waals surface area contributed by atoms with Crippen LogP contribution < -0.4 is 4.74 Å². The van der Waals surface area contributed by atoms with Crippen LogP contribution in [0, 0.1) is 59.9 Å². The van der Waals surface area contributed by atoms with Gasteiger partial charge >= 0.3 is 0 Å². The average Bonchev–Trinajstić information content (AvgIpc) is 2.72. The molecule has 0 amide bonds. The molecule has 0 saturated carbocycles. The molecule has 0 aromatic heterocycles. The van der Waals surface area contributed by atoms with E-state index < -0.39 is 0 Å². The highest BCUT2D eigenvalue weighted by Gasteiger charge is 2.07. The minimum absolute atomic E-state index is 0.408. The lowest BCUT2D eigenvalue weighted by atomic mass is 9.98. The molecule has 128 valence electrons. The lowest BCUT2D eigenvalue weighted by molar-refractivity contribution is 0.520. The zero-order valence-corrected chi connectivity index (χ0v) is 15.7. The molecule has 0 radical (unpaired) electrons. The van der Waals surface area contributed by atoms with Gasteiger partial charge in [-0.2, -0.15) is 0 Å². The minimum atomic E-state index is 0.408. The van der Waals surface area contributed by atoms with E-state index in [2.05, 4.69) is 53.5 Å². The molecule has 0 heterocycles. The van der Waals surface area contributed by atoms with E-state index in [9.17, 15) is 0 Å². The van der Waals surface area contributed by atoms with E-state index in [4.69, 9.17) is 34.4 Å². The van der Waals surface area contributed by atoms with Gasteiger partial charge in [-0.25, -0.2) is 0 Å². The Morgan fingerprint density at radius 2 is 1.56 bits per heavy atom. The van der Waals surface area contributed by atoms with Crippen LogP contribution in [0.2, 0.25) is 0 Å². The number of terminal acetylenes is 1. The van der Waals surface area contributed by atoms with E-state index in [1.54, 1.807) is 0 Å².